The lowest BCUT2D eigenvalue weighted by Crippen LogP contribution is -2.41. The Hall–Kier alpha value is 1.42. The fraction of sp³-hybridized carbons (Fsp3) is 1.00. The minimum Gasteiger partial charge on any atom is -0.548 e. The lowest BCUT2D eigenvalue weighted by molar-refractivity contribution is 0.579. The molecule has 12 heavy (non-hydrogen) atoms. The molecule has 0 bridgehead atoms. The van der Waals surface area contributed by atoms with Crippen molar-refractivity contribution in [1.82, 2.24) is 0 Å². The Labute approximate surface area is 89.0 Å². The van der Waals surface area contributed by atoms with Crippen LogP contribution in [0.5, 0.6) is 0 Å². The van der Waals surface area contributed by atoms with Crippen LogP contribution in [0.25, 0.3) is 0 Å². The molecular formula is C6H20Al2O2Si2. The SMILES string of the molecule is [CH3][Al]([CH3])[O][SiH](C)[SiH](C)[O][Al]([CH3])[CH3]. The van der Waals surface area contributed by atoms with E-state index < -0.39 is 46.1 Å². The van der Waals surface area contributed by atoms with Crippen LogP contribution in [0.2, 0.25) is 36.2 Å². The maximum atomic E-state index is 5.95. The van der Waals surface area contributed by atoms with Gasteiger partial charge in [-0.05, 0) is 0 Å². The number of hydrogen-bond acceptors (Lipinski definition) is 2. The molecule has 0 saturated carbocycles. The zero-order valence-corrected chi connectivity index (χ0v) is 13.7. The Bertz CT molecular complexity index is 110. The van der Waals surface area contributed by atoms with E-state index in [4.69, 9.17) is 6.96 Å². The summed E-state index contributed by atoms with van der Waals surface area (Å²) in [5.41, 5.74) is 0. The van der Waals surface area contributed by atoms with Crippen LogP contribution >= 0.6 is 0 Å². The molecule has 0 aromatic heterocycles. The van der Waals surface area contributed by atoms with Gasteiger partial charge in [-0.25, -0.2) is 0 Å². The van der Waals surface area contributed by atoms with Crippen LogP contribution in [0, 0.1) is 0 Å². The first-order valence-corrected chi connectivity index (χ1v) is 16.2. The molecule has 0 aliphatic rings. The normalized spacial score (nSPS) is 15.5. The predicted molar refractivity (Wildman–Crippen MR) is 63.2 cm³/mol. The van der Waals surface area contributed by atoms with Gasteiger partial charge in [0, 0.05) is 0 Å². The van der Waals surface area contributed by atoms with Crippen molar-refractivity contribution in [3.63, 3.8) is 0 Å². The molecule has 0 fully saturated rings. The largest absolute Gasteiger partial charge is 0.548 e. The molecular weight excluding hydrogens is 214 g/mol. The molecule has 6 heteroatoms. The van der Waals surface area contributed by atoms with Crippen molar-refractivity contribution in [3.05, 3.63) is 0 Å². The predicted octanol–water partition coefficient (Wildman–Crippen LogP) is 1.31. The van der Waals surface area contributed by atoms with Crippen LogP contribution in [-0.2, 0) is 6.96 Å². The van der Waals surface area contributed by atoms with Gasteiger partial charge in [0.05, 0.1) is 0 Å². The molecule has 0 heterocycles. The van der Waals surface area contributed by atoms with Crippen LogP contribution in [0.3, 0.4) is 0 Å². The average Bonchev–Trinajstić information content (AvgIpc) is 1.84. The number of rotatable bonds is 5. The second-order valence-electron chi connectivity index (χ2n) is 3.78. The fourth-order valence-corrected chi connectivity index (χ4v) is 19.4. The summed E-state index contributed by atoms with van der Waals surface area (Å²) >= 11 is -1.60. The number of hydrogen-bond donors (Lipinski definition) is 0. The molecule has 0 aromatic carbocycles. The summed E-state index contributed by atoms with van der Waals surface area (Å²) in [6, 6.07) is 0. The van der Waals surface area contributed by atoms with Gasteiger partial charge in [0.15, 0.2) is 17.1 Å². The van der Waals surface area contributed by atoms with Crippen LogP contribution in [0.4, 0.5) is 0 Å². The molecule has 2 unspecified atom stereocenters. The first-order chi connectivity index (χ1) is 5.43. The highest BCUT2D eigenvalue weighted by molar-refractivity contribution is 7.18. The van der Waals surface area contributed by atoms with Gasteiger partial charge in [-0.1, -0.05) is 36.2 Å². The molecule has 0 aliphatic carbocycles. The lowest BCUT2D eigenvalue weighted by atomic mass is 11.9. The average molecular weight is 234 g/mol. The second-order valence-corrected chi connectivity index (χ2v) is 18.6. The highest BCUT2D eigenvalue weighted by Gasteiger charge is 2.22. The van der Waals surface area contributed by atoms with Gasteiger partial charge in [0.25, 0.3) is 0 Å². The van der Waals surface area contributed by atoms with Crippen molar-refractivity contribution in [2.75, 3.05) is 0 Å². The molecule has 0 amide bonds. The molecule has 0 aromatic rings. The van der Waals surface area contributed by atoms with Crippen molar-refractivity contribution in [3.8, 4) is 0 Å². The van der Waals surface area contributed by atoms with Crippen LogP contribution in [-0.4, -0.2) is 46.1 Å². The Morgan fingerprint density at radius 3 is 1.17 bits per heavy atom. The fourth-order valence-electron chi connectivity index (χ4n) is 1.08. The molecule has 2 atom stereocenters. The lowest BCUT2D eigenvalue weighted by Gasteiger charge is -2.22. The van der Waals surface area contributed by atoms with Gasteiger partial charge in [-0.2, -0.15) is 0 Å². The van der Waals surface area contributed by atoms with E-state index in [1.807, 2.05) is 0 Å². The van der Waals surface area contributed by atoms with Crippen molar-refractivity contribution in [2.45, 2.75) is 36.2 Å². The van der Waals surface area contributed by atoms with Gasteiger partial charge in [-0.15, -0.1) is 0 Å². The van der Waals surface area contributed by atoms with E-state index >= 15 is 0 Å². The van der Waals surface area contributed by atoms with E-state index in [0.717, 1.165) is 0 Å². The van der Waals surface area contributed by atoms with Gasteiger partial charge in [-0.3, -0.25) is 0 Å². The standard InChI is InChI=1S/C2H8O2Si2.4CH3.2Al/c1-5(3)6(2)4;;;;;;/h5-6H,1-2H3;4*1H3;;/q-2;;;;;2*+1. The van der Waals surface area contributed by atoms with Crippen molar-refractivity contribution in [1.29, 1.82) is 0 Å². The summed E-state index contributed by atoms with van der Waals surface area (Å²) < 4.78 is 11.9. The molecule has 0 radical (unpaired) electrons. The molecule has 0 saturated heterocycles. The first kappa shape index (κ1) is 13.4. The minimum atomic E-state index is -0.897. The monoisotopic (exact) mass is 234 g/mol. The van der Waals surface area contributed by atoms with Gasteiger partial charge in [0.1, 0.15) is 0 Å². The van der Waals surface area contributed by atoms with Gasteiger partial charge < -0.3 is 6.96 Å². The smallest absolute Gasteiger partial charge is 0.442 e. The van der Waals surface area contributed by atoms with Crippen LogP contribution < -0.4 is 0 Å². The van der Waals surface area contributed by atoms with E-state index in [1.165, 1.54) is 0 Å². The summed E-state index contributed by atoms with van der Waals surface area (Å²) in [6.07, 6.45) is 0. The molecule has 0 aliphatic heterocycles. The summed E-state index contributed by atoms with van der Waals surface area (Å²) in [5, 5.41) is 0. The van der Waals surface area contributed by atoms with Crippen molar-refractivity contribution < 1.29 is 6.96 Å². The Balaban J connectivity index is 3.68. The minimum absolute atomic E-state index is 0.798. The Morgan fingerprint density at radius 2 is 1.00 bits per heavy atom. The summed E-state index contributed by atoms with van der Waals surface area (Å²) in [5.74, 6) is 8.99. The third-order valence-electron chi connectivity index (χ3n) is 1.63. The van der Waals surface area contributed by atoms with E-state index in [2.05, 4.69) is 36.2 Å². The molecule has 0 rings (SSSR count). The quantitative estimate of drug-likeness (QED) is 0.668. The second kappa shape index (κ2) is 6.81. The van der Waals surface area contributed by atoms with Crippen LogP contribution in [0.15, 0.2) is 0 Å². The zero-order chi connectivity index (χ0) is 9.72. The molecule has 70 valence electrons. The third-order valence-corrected chi connectivity index (χ3v) is 17.5. The Kier molecular flexibility index (Phi) is 7.62. The maximum absolute atomic E-state index is 5.95. The van der Waals surface area contributed by atoms with E-state index in [9.17, 15) is 0 Å². The molecule has 0 spiro atoms. The summed E-state index contributed by atoms with van der Waals surface area (Å²) in [6.45, 7) is 4.61. The summed E-state index contributed by atoms with van der Waals surface area (Å²) in [7, 11) is -1.79. The van der Waals surface area contributed by atoms with E-state index in [1.54, 1.807) is 0 Å². The van der Waals surface area contributed by atoms with E-state index in [0.29, 0.717) is 0 Å². The summed E-state index contributed by atoms with van der Waals surface area (Å²) in [4.78, 5) is 0. The van der Waals surface area contributed by atoms with E-state index in [-0.39, 0.29) is 0 Å². The molecule has 0 N–H and O–H groups in total. The van der Waals surface area contributed by atoms with Crippen molar-refractivity contribution >= 4 is 46.1 Å². The highest BCUT2D eigenvalue weighted by Crippen LogP contribution is 1.99. The van der Waals surface area contributed by atoms with Crippen LogP contribution in [0.1, 0.15) is 0 Å². The maximum Gasteiger partial charge on any atom is 0.442 e. The molecule has 2 nitrogen and oxygen atoms in total. The topological polar surface area (TPSA) is 18.5 Å². The highest BCUT2D eigenvalue weighted by atomic mass is 29.2. The Morgan fingerprint density at radius 1 is 0.750 bits per heavy atom. The van der Waals surface area contributed by atoms with Crippen molar-refractivity contribution in [2.24, 2.45) is 0 Å². The first-order valence-electron chi connectivity index (χ1n) is 4.74. The zero-order valence-electron chi connectivity index (χ0n) is 9.13. The third kappa shape index (κ3) is 6.88. The van der Waals surface area contributed by atoms with Gasteiger partial charge >= 0.3 is 29.0 Å². The van der Waals surface area contributed by atoms with Gasteiger partial charge in [0.2, 0.25) is 0 Å².